The Morgan fingerprint density at radius 3 is 2.44 bits per heavy atom. The summed E-state index contributed by atoms with van der Waals surface area (Å²) in [6, 6.07) is 17.1. The first-order chi connectivity index (χ1) is 12.0. The fourth-order valence-electron chi connectivity index (χ4n) is 2.88. The summed E-state index contributed by atoms with van der Waals surface area (Å²) in [5.41, 5.74) is 1.77. The molecule has 5 nitrogen and oxygen atoms in total. The van der Waals surface area contributed by atoms with E-state index in [1.807, 2.05) is 30.3 Å². The monoisotopic (exact) mass is 359 g/mol. The van der Waals surface area contributed by atoms with Crippen molar-refractivity contribution < 1.29 is 17.9 Å². The first-order valence-electron chi connectivity index (χ1n) is 8.27. The number of carbonyl (C=O) groups excluding carboxylic acids is 1. The first kappa shape index (κ1) is 17.5. The Morgan fingerprint density at radius 2 is 1.80 bits per heavy atom. The summed E-state index contributed by atoms with van der Waals surface area (Å²) in [5, 5.41) is 2.81. The number of benzene rings is 2. The molecule has 2 aromatic carbocycles. The highest BCUT2D eigenvalue weighted by molar-refractivity contribution is 7.91. The van der Waals surface area contributed by atoms with Crippen molar-refractivity contribution in [1.82, 2.24) is 0 Å². The summed E-state index contributed by atoms with van der Waals surface area (Å²) in [6.07, 6.45) is 0.813. The number of nitrogens with one attached hydrogen (secondary N) is 1. The molecule has 1 N–H and O–H groups in total. The fourth-order valence-corrected chi connectivity index (χ4v) is 4.74. The third-order valence-corrected chi connectivity index (χ3v) is 6.02. The van der Waals surface area contributed by atoms with Crippen LogP contribution in [0.2, 0.25) is 0 Å². The molecule has 1 unspecified atom stereocenters. The van der Waals surface area contributed by atoms with Crippen molar-refractivity contribution in [1.29, 1.82) is 0 Å². The van der Waals surface area contributed by atoms with Crippen molar-refractivity contribution in [3.8, 4) is 5.75 Å². The van der Waals surface area contributed by atoms with Crippen LogP contribution in [0.4, 0.5) is 5.69 Å². The van der Waals surface area contributed by atoms with Gasteiger partial charge in [-0.3, -0.25) is 4.79 Å². The summed E-state index contributed by atoms with van der Waals surface area (Å²) >= 11 is 0. The molecule has 2 aromatic rings. The summed E-state index contributed by atoms with van der Waals surface area (Å²) < 4.78 is 28.6. The molecular weight excluding hydrogens is 338 g/mol. The van der Waals surface area contributed by atoms with Crippen molar-refractivity contribution in [2.24, 2.45) is 5.92 Å². The van der Waals surface area contributed by atoms with Crippen LogP contribution in [0.5, 0.6) is 5.75 Å². The van der Waals surface area contributed by atoms with E-state index in [-0.39, 0.29) is 29.8 Å². The Kier molecular flexibility index (Phi) is 5.38. The standard InChI is InChI=1S/C19H21NO4S/c21-19(12-16-10-11-25(22,23)14-16)20-17-6-8-18(9-7-17)24-13-15-4-2-1-3-5-15/h1-9,16H,10-14H2,(H,20,21). The Morgan fingerprint density at radius 1 is 1.08 bits per heavy atom. The molecule has 0 aliphatic carbocycles. The van der Waals surface area contributed by atoms with E-state index in [4.69, 9.17) is 4.74 Å². The van der Waals surface area contributed by atoms with Gasteiger partial charge in [0.2, 0.25) is 5.91 Å². The molecule has 3 rings (SSSR count). The minimum atomic E-state index is -2.95. The highest BCUT2D eigenvalue weighted by Crippen LogP contribution is 2.23. The van der Waals surface area contributed by atoms with E-state index >= 15 is 0 Å². The van der Waals surface area contributed by atoms with Crippen LogP contribution < -0.4 is 10.1 Å². The quantitative estimate of drug-likeness (QED) is 0.860. The largest absolute Gasteiger partial charge is 0.489 e. The van der Waals surface area contributed by atoms with Crippen molar-refractivity contribution in [2.45, 2.75) is 19.4 Å². The summed E-state index contributed by atoms with van der Waals surface area (Å²) in [7, 11) is -2.95. The van der Waals surface area contributed by atoms with Crippen LogP contribution in [0, 0.1) is 5.92 Å². The van der Waals surface area contributed by atoms with Crippen LogP contribution >= 0.6 is 0 Å². The van der Waals surface area contributed by atoms with Crippen molar-refractivity contribution >= 4 is 21.4 Å². The number of anilines is 1. The maximum absolute atomic E-state index is 12.0. The third-order valence-electron chi connectivity index (χ3n) is 4.19. The van der Waals surface area contributed by atoms with E-state index in [0.717, 1.165) is 11.3 Å². The average Bonchev–Trinajstić information content (AvgIpc) is 2.93. The third kappa shape index (κ3) is 5.32. The number of amides is 1. The topological polar surface area (TPSA) is 72.5 Å². The van der Waals surface area contributed by atoms with Gasteiger partial charge in [0.1, 0.15) is 12.4 Å². The number of carbonyl (C=O) groups is 1. The molecule has 1 fully saturated rings. The lowest BCUT2D eigenvalue weighted by atomic mass is 10.1. The van der Waals surface area contributed by atoms with Gasteiger partial charge in [0.15, 0.2) is 9.84 Å². The van der Waals surface area contributed by atoms with Gasteiger partial charge in [-0.1, -0.05) is 30.3 Å². The Balaban J connectivity index is 1.48. The molecular formula is C19H21NO4S. The molecule has 0 radical (unpaired) electrons. The molecule has 0 saturated carbocycles. The Hall–Kier alpha value is -2.34. The molecule has 132 valence electrons. The summed E-state index contributed by atoms with van der Waals surface area (Å²) in [5.74, 6) is 0.813. The van der Waals surface area contributed by atoms with Crippen LogP contribution in [0.3, 0.4) is 0 Å². The van der Waals surface area contributed by atoms with Gasteiger partial charge in [0.25, 0.3) is 0 Å². The van der Waals surface area contributed by atoms with Gasteiger partial charge in [-0.2, -0.15) is 0 Å². The van der Waals surface area contributed by atoms with Gasteiger partial charge in [-0.25, -0.2) is 8.42 Å². The van der Waals surface area contributed by atoms with Gasteiger partial charge in [-0.15, -0.1) is 0 Å². The zero-order valence-corrected chi connectivity index (χ0v) is 14.7. The minimum absolute atomic E-state index is 0.0709. The average molecular weight is 359 g/mol. The maximum Gasteiger partial charge on any atom is 0.224 e. The number of sulfone groups is 1. The van der Waals surface area contributed by atoms with Gasteiger partial charge in [-0.05, 0) is 42.2 Å². The second-order valence-corrected chi connectivity index (χ2v) is 8.55. The molecule has 0 aromatic heterocycles. The molecule has 25 heavy (non-hydrogen) atoms. The Bertz CT molecular complexity index is 816. The number of rotatable bonds is 6. The first-order valence-corrected chi connectivity index (χ1v) is 10.1. The zero-order chi connectivity index (χ0) is 17.7. The molecule has 1 amide bonds. The van der Waals surface area contributed by atoms with Crippen molar-refractivity contribution in [3.05, 3.63) is 60.2 Å². The summed E-state index contributed by atoms with van der Waals surface area (Å²) in [4.78, 5) is 12.0. The molecule has 1 atom stereocenters. The van der Waals surface area contributed by atoms with Gasteiger partial charge >= 0.3 is 0 Å². The SMILES string of the molecule is O=C(CC1CCS(=O)(=O)C1)Nc1ccc(OCc2ccccc2)cc1. The smallest absolute Gasteiger partial charge is 0.224 e. The van der Waals surface area contributed by atoms with Crippen LogP contribution in [0.1, 0.15) is 18.4 Å². The van der Waals surface area contributed by atoms with Crippen LogP contribution in [-0.4, -0.2) is 25.8 Å². The second-order valence-electron chi connectivity index (χ2n) is 6.32. The van der Waals surface area contributed by atoms with E-state index < -0.39 is 9.84 Å². The lowest BCUT2D eigenvalue weighted by Crippen LogP contribution is -2.17. The van der Waals surface area contributed by atoms with Gasteiger partial charge in [0.05, 0.1) is 11.5 Å². The van der Waals surface area contributed by atoms with E-state index in [1.165, 1.54) is 0 Å². The minimum Gasteiger partial charge on any atom is -0.489 e. The van der Waals surface area contributed by atoms with E-state index in [0.29, 0.717) is 18.7 Å². The lowest BCUT2D eigenvalue weighted by Gasteiger charge is -2.10. The number of hydrogen-bond donors (Lipinski definition) is 1. The molecule has 0 spiro atoms. The number of ether oxygens (including phenoxy) is 1. The normalized spacial score (nSPS) is 18.6. The van der Waals surface area contributed by atoms with Crippen LogP contribution in [0.15, 0.2) is 54.6 Å². The number of hydrogen-bond acceptors (Lipinski definition) is 4. The predicted molar refractivity (Wildman–Crippen MR) is 97.2 cm³/mol. The highest BCUT2D eigenvalue weighted by Gasteiger charge is 2.29. The molecule has 1 aliphatic rings. The van der Waals surface area contributed by atoms with Gasteiger partial charge in [0, 0.05) is 12.1 Å². The molecule has 1 aliphatic heterocycles. The van der Waals surface area contributed by atoms with E-state index in [2.05, 4.69) is 5.32 Å². The zero-order valence-electron chi connectivity index (χ0n) is 13.9. The molecule has 1 saturated heterocycles. The second kappa shape index (κ2) is 7.70. The highest BCUT2D eigenvalue weighted by atomic mass is 32.2. The van der Waals surface area contributed by atoms with Gasteiger partial charge < -0.3 is 10.1 Å². The van der Waals surface area contributed by atoms with Crippen LogP contribution in [-0.2, 0) is 21.2 Å². The molecule has 1 heterocycles. The Labute approximate surface area is 147 Å². The lowest BCUT2D eigenvalue weighted by molar-refractivity contribution is -0.116. The predicted octanol–water partition coefficient (Wildman–Crippen LogP) is 3.03. The fraction of sp³-hybridized carbons (Fsp3) is 0.316. The van der Waals surface area contributed by atoms with Crippen molar-refractivity contribution in [3.63, 3.8) is 0 Å². The molecule has 6 heteroatoms. The van der Waals surface area contributed by atoms with Crippen molar-refractivity contribution in [2.75, 3.05) is 16.8 Å². The van der Waals surface area contributed by atoms with E-state index in [1.54, 1.807) is 24.3 Å². The summed E-state index contributed by atoms with van der Waals surface area (Å²) in [6.45, 7) is 0.489. The maximum atomic E-state index is 12.0. The molecule has 0 bridgehead atoms. The van der Waals surface area contributed by atoms with E-state index in [9.17, 15) is 13.2 Å². The van der Waals surface area contributed by atoms with Crippen LogP contribution in [0.25, 0.3) is 0 Å².